The third kappa shape index (κ3) is 2.66. The summed E-state index contributed by atoms with van der Waals surface area (Å²) in [5, 5.41) is 6.63. The van der Waals surface area contributed by atoms with Gasteiger partial charge < -0.3 is 4.90 Å². The molecular formula is C13H16N4O3S2. The molecule has 0 aromatic carbocycles. The van der Waals surface area contributed by atoms with Crippen molar-refractivity contribution in [1.82, 2.24) is 20.1 Å². The molecule has 2 aromatic heterocycles. The predicted molar refractivity (Wildman–Crippen MR) is 81.8 cm³/mol. The monoisotopic (exact) mass is 340 g/mol. The first kappa shape index (κ1) is 15.2. The Morgan fingerprint density at radius 3 is 2.91 bits per heavy atom. The zero-order valence-electron chi connectivity index (χ0n) is 12.2. The molecule has 0 saturated carbocycles. The van der Waals surface area contributed by atoms with E-state index in [2.05, 4.69) is 15.2 Å². The maximum atomic E-state index is 12.5. The molecule has 1 fully saturated rings. The summed E-state index contributed by atoms with van der Waals surface area (Å²) >= 11 is 1.33. The number of rotatable bonds is 3. The quantitative estimate of drug-likeness (QED) is 0.906. The van der Waals surface area contributed by atoms with E-state index in [4.69, 9.17) is 0 Å². The van der Waals surface area contributed by atoms with Crippen LogP contribution >= 0.6 is 11.3 Å². The first-order valence-corrected chi connectivity index (χ1v) is 9.57. The van der Waals surface area contributed by atoms with Crippen molar-refractivity contribution in [3.63, 3.8) is 0 Å². The number of carbonyl (C=O) groups is 1. The van der Waals surface area contributed by atoms with Crippen LogP contribution in [-0.2, 0) is 9.84 Å². The maximum absolute atomic E-state index is 12.5. The number of sulfone groups is 1. The highest BCUT2D eigenvalue weighted by molar-refractivity contribution is 7.90. The maximum Gasteiger partial charge on any atom is 0.265 e. The van der Waals surface area contributed by atoms with E-state index in [1.165, 1.54) is 23.8 Å². The van der Waals surface area contributed by atoms with E-state index in [-0.39, 0.29) is 16.7 Å². The fraction of sp³-hybridized carbons (Fsp3) is 0.462. The van der Waals surface area contributed by atoms with Gasteiger partial charge in [0.15, 0.2) is 9.84 Å². The van der Waals surface area contributed by atoms with E-state index in [9.17, 15) is 13.2 Å². The average molecular weight is 340 g/mol. The molecule has 1 atom stereocenters. The van der Waals surface area contributed by atoms with Crippen molar-refractivity contribution in [3.8, 4) is 0 Å². The number of thiazole rings is 1. The standard InChI is InChI=1S/C13H16N4O3S2/c1-8-12(21-7-14-8)13(18)17-4-3-9(6-17)11-10(5-15-16-11)22(2,19)20/h5,7,9H,3-4,6H2,1-2H3,(H,15,16). The number of aromatic amines is 1. The number of nitrogens with one attached hydrogen (secondary N) is 1. The molecule has 0 bridgehead atoms. The van der Waals surface area contributed by atoms with Crippen molar-refractivity contribution in [1.29, 1.82) is 0 Å². The molecule has 3 rings (SSSR count). The van der Waals surface area contributed by atoms with Crippen LogP contribution in [0.2, 0.25) is 0 Å². The fourth-order valence-corrected chi connectivity index (χ4v) is 4.33. The number of carbonyl (C=O) groups excluding carboxylic acids is 1. The molecule has 22 heavy (non-hydrogen) atoms. The minimum atomic E-state index is -3.32. The molecule has 1 N–H and O–H groups in total. The Kier molecular flexibility index (Phi) is 3.77. The molecule has 0 aliphatic carbocycles. The molecule has 1 saturated heterocycles. The van der Waals surface area contributed by atoms with Crippen LogP contribution in [0.3, 0.4) is 0 Å². The van der Waals surface area contributed by atoms with Crippen LogP contribution < -0.4 is 0 Å². The lowest BCUT2D eigenvalue weighted by Gasteiger charge is -2.15. The second kappa shape index (κ2) is 5.47. The first-order valence-electron chi connectivity index (χ1n) is 6.80. The Bertz CT molecular complexity index is 809. The molecule has 0 radical (unpaired) electrons. The highest BCUT2D eigenvalue weighted by Gasteiger charge is 2.33. The molecule has 7 nitrogen and oxygen atoms in total. The van der Waals surface area contributed by atoms with Gasteiger partial charge in [-0.3, -0.25) is 9.89 Å². The number of hydrogen-bond donors (Lipinski definition) is 1. The molecule has 0 spiro atoms. The number of aromatic nitrogens is 3. The SMILES string of the molecule is Cc1ncsc1C(=O)N1CCC(c2[nH]ncc2S(C)(=O)=O)C1. The summed E-state index contributed by atoms with van der Waals surface area (Å²) in [6, 6.07) is 0. The van der Waals surface area contributed by atoms with E-state index >= 15 is 0 Å². The van der Waals surface area contributed by atoms with Crippen LogP contribution in [0.4, 0.5) is 0 Å². The second-order valence-corrected chi connectivity index (χ2v) is 8.26. The van der Waals surface area contributed by atoms with E-state index in [0.29, 0.717) is 30.1 Å². The molecule has 1 aliphatic heterocycles. The van der Waals surface area contributed by atoms with Crippen LogP contribution in [0.15, 0.2) is 16.6 Å². The molecular weight excluding hydrogens is 324 g/mol. The van der Waals surface area contributed by atoms with Crippen molar-refractivity contribution in [3.05, 3.63) is 28.0 Å². The number of aryl methyl sites for hydroxylation is 1. The summed E-state index contributed by atoms with van der Waals surface area (Å²) in [6.45, 7) is 2.90. The van der Waals surface area contributed by atoms with E-state index in [0.717, 1.165) is 5.69 Å². The van der Waals surface area contributed by atoms with Crippen molar-refractivity contribution in [2.24, 2.45) is 0 Å². The third-order valence-corrected chi connectivity index (χ3v) is 5.90. The van der Waals surface area contributed by atoms with Crippen molar-refractivity contribution in [2.75, 3.05) is 19.3 Å². The Morgan fingerprint density at radius 1 is 1.50 bits per heavy atom. The highest BCUT2D eigenvalue weighted by atomic mass is 32.2. The van der Waals surface area contributed by atoms with Gasteiger partial charge in [0, 0.05) is 25.3 Å². The second-order valence-electron chi connectivity index (χ2n) is 5.42. The zero-order valence-corrected chi connectivity index (χ0v) is 13.9. The lowest BCUT2D eigenvalue weighted by molar-refractivity contribution is 0.0794. The Morgan fingerprint density at radius 2 is 2.27 bits per heavy atom. The smallest absolute Gasteiger partial charge is 0.265 e. The molecule has 9 heteroatoms. The van der Waals surface area contributed by atoms with Gasteiger partial charge in [0.2, 0.25) is 0 Å². The zero-order chi connectivity index (χ0) is 15.9. The first-order chi connectivity index (χ1) is 10.4. The molecule has 1 amide bonds. The summed E-state index contributed by atoms with van der Waals surface area (Å²) < 4.78 is 23.5. The number of nitrogens with zero attached hydrogens (tertiary/aromatic N) is 3. The van der Waals surface area contributed by atoms with Gasteiger partial charge in [0.1, 0.15) is 9.77 Å². The molecule has 1 aliphatic rings. The van der Waals surface area contributed by atoms with Crippen LogP contribution in [0, 0.1) is 6.92 Å². The van der Waals surface area contributed by atoms with Gasteiger partial charge in [-0.05, 0) is 13.3 Å². The van der Waals surface area contributed by atoms with Gasteiger partial charge in [-0.2, -0.15) is 5.10 Å². The summed E-state index contributed by atoms with van der Waals surface area (Å²) in [4.78, 5) is 19.2. The lowest BCUT2D eigenvalue weighted by Crippen LogP contribution is -2.28. The summed E-state index contributed by atoms with van der Waals surface area (Å²) in [5.41, 5.74) is 2.99. The number of hydrogen-bond acceptors (Lipinski definition) is 6. The predicted octanol–water partition coefficient (Wildman–Crippen LogP) is 1.21. The summed E-state index contributed by atoms with van der Waals surface area (Å²) in [7, 11) is -3.32. The largest absolute Gasteiger partial charge is 0.337 e. The van der Waals surface area contributed by atoms with Crippen LogP contribution in [0.25, 0.3) is 0 Å². The van der Waals surface area contributed by atoms with Crippen molar-refractivity contribution in [2.45, 2.75) is 24.2 Å². The van der Waals surface area contributed by atoms with E-state index in [1.807, 2.05) is 6.92 Å². The normalized spacial score (nSPS) is 18.8. The Balaban J connectivity index is 1.80. The summed E-state index contributed by atoms with van der Waals surface area (Å²) in [5.74, 6) is -0.0766. The van der Waals surface area contributed by atoms with Gasteiger partial charge in [-0.25, -0.2) is 13.4 Å². The topological polar surface area (TPSA) is 96.0 Å². The lowest BCUT2D eigenvalue weighted by atomic mass is 10.1. The number of H-pyrrole nitrogens is 1. The highest BCUT2D eigenvalue weighted by Crippen LogP contribution is 2.31. The molecule has 3 heterocycles. The van der Waals surface area contributed by atoms with Crippen LogP contribution in [-0.4, -0.2) is 53.8 Å². The van der Waals surface area contributed by atoms with Gasteiger partial charge in [0.25, 0.3) is 5.91 Å². The van der Waals surface area contributed by atoms with Crippen molar-refractivity contribution < 1.29 is 13.2 Å². The van der Waals surface area contributed by atoms with Crippen molar-refractivity contribution >= 4 is 27.1 Å². The van der Waals surface area contributed by atoms with Crippen LogP contribution in [0.5, 0.6) is 0 Å². The van der Waals surface area contributed by atoms with E-state index < -0.39 is 9.84 Å². The summed E-state index contributed by atoms with van der Waals surface area (Å²) in [6.07, 6.45) is 3.22. The minimum Gasteiger partial charge on any atom is -0.337 e. The van der Waals surface area contributed by atoms with Gasteiger partial charge >= 0.3 is 0 Å². The molecule has 1 unspecified atom stereocenters. The molecule has 2 aromatic rings. The fourth-order valence-electron chi connectivity index (χ4n) is 2.70. The van der Waals surface area contributed by atoms with E-state index in [1.54, 1.807) is 10.4 Å². The Hall–Kier alpha value is -1.74. The number of amides is 1. The van der Waals surface area contributed by atoms with Gasteiger partial charge in [0.05, 0.1) is 23.1 Å². The van der Waals surface area contributed by atoms with Crippen LogP contribution in [0.1, 0.15) is 33.4 Å². The molecule has 118 valence electrons. The number of likely N-dealkylation sites (tertiary alicyclic amines) is 1. The third-order valence-electron chi connectivity index (χ3n) is 3.86. The average Bonchev–Trinajstić information content (AvgIpc) is 3.16. The Labute approximate surface area is 132 Å². The minimum absolute atomic E-state index is 0.0376. The van der Waals surface area contributed by atoms with Gasteiger partial charge in [-0.1, -0.05) is 0 Å². The van der Waals surface area contributed by atoms with Gasteiger partial charge in [-0.15, -0.1) is 11.3 Å².